The molecule has 2 rings (SSSR count). The first kappa shape index (κ1) is 12.0. The third-order valence-electron chi connectivity index (χ3n) is 2.79. The van der Waals surface area contributed by atoms with E-state index in [1.165, 1.54) is 6.26 Å². The van der Waals surface area contributed by atoms with Gasteiger partial charge in [0.05, 0.1) is 5.69 Å². The molecule has 1 aliphatic heterocycles. The van der Waals surface area contributed by atoms with Crippen molar-refractivity contribution < 1.29 is 13.9 Å². The number of carbonyl (C=O) groups is 1. The molecule has 1 saturated heterocycles. The van der Waals surface area contributed by atoms with Crippen molar-refractivity contribution in [3.05, 3.63) is 12.0 Å². The first-order chi connectivity index (χ1) is 7.97. The Labute approximate surface area is 101 Å². The molecule has 2 heterocycles. The summed E-state index contributed by atoms with van der Waals surface area (Å²) in [5, 5.41) is 0. The number of hydrogen-bond acceptors (Lipinski definition) is 4. The van der Waals surface area contributed by atoms with Gasteiger partial charge in [-0.05, 0) is 12.8 Å². The lowest BCUT2D eigenvalue weighted by Crippen LogP contribution is -2.30. The quantitative estimate of drug-likeness (QED) is 0.754. The highest BCUT2D eigenvalue weighted by molar-refractivity contribution is 5.69. The van der Waals surface area contributed by atoms with Gasteiger partial charge >= 0.3 is 12.2 Å². The summed E-state index contributed by atoms with van der Waals surface area (Å²) in [6.07, 6.45) is 3.27. The number of rotatable bonds is 1. The molecule has 1 aromatic heterocycles. The third-order valence-corrected chi connectivity index (χ3v) is 2.79. The Morgan fingerprint density at radius 1 is 1.41 bits per heavy atom. The summed E-state index contributed by atoms with van der Waals surface area (Å²) in [7, 11) is 0. The monoisotopic (exact) mass is 238 g/mol. The van der Waals surface area contributed by atoms with E-state index in [0.29, 0.717) is 0 Å². The van der Waals surface area contributed by atoms with Crippen LogP contribution in [0, 0.1) is 0 Å². The van der Waals surface area contributed by atoms with Gasteiger partial charge in [-0.2, -0.15) is 4.98 Å². The van der Waals surface area contributed by atoms with E-state index in [0.717, 1.165) is 31.6 Å². The molecule has 0 unspecified atom stereocenters. The number of hydrogen-bond donors (Lipinski definition) is 0. The number of ether oxygens (including phenoxy) is 1. The summed E-state index contributed by atoms with van der Waals surface area (Å²) < 4.78 is 10.2. The molecule has 0 radical (unpaired) electrons. The zero-order chi connectivity index (χ0) is 12.5. The van der Waals surface area contributed by atoms with Crippen LogP contribution in [0.2, 0.25) is 0 Å². The molecule has 1 fully saturated rings. The Kier molecular flexibility index (Phi) is 3.09. The second-order valence-corrected chi connectivity index (χ2v) is 5.31. The number of aromatic nitrogens is 1. The number of oxazole rings is 1. The number of carbonyl (C=O) groups excluding carboxylic acids is 1. The van der Waals surface area contributed by atoms with Gasteiger partial charge in [0, 0.05) is 18.5 Å². The number of likely N-dealkylation sites (tertiary alicyclic amines) is 1. The van der Waals surface area contributed by atoms with Crippen LogP contribution < -0.4 is 4.74 Å². The first-order valence-corrected chi connectivity index (χ1v) is 5.89. The van der Waals surface area contributed by atoms with Gasteiger partial charge in [-0.3, -0.25) is 0 Å². The van der Waals surface area contributed by atoms with Gasteiger partial charge in [0.2, 0.25) is 0 Å². The molecule has 1 amide bonds. The predicted octanol–water partition coefficient (Wildman–Crippen LogP) is 2.57. The zero-order valence-corrected chi connectivity index (χ0v) is 10.5. The van der Waals surface area contributed by atoms with Gasteiger partial charge in [-0.15, -0.1) is 0 Å². The van der Waals surface area contributed by atoms with E-state index in [2.05, 4.69) is 4.98 Å². The summed E-state index contributed by atoms with van der Waals surface area (Å²) in [6.45, 7) is 7.59. The Balaban J connectivity index is 1.99. The van der Waals surface area contributed by atoms with Crippen LogP contribution in [0.3, 0.4) is 0 Å². The average Bonchev–Trinajstić information content (AvgIpc) is 2.85. The van der Waals surface area contributed by atoms with Crippen LogP contribution in [0.5, 0.6) is 6.08 Å². The van der Waals surface area contributed by atoms with Crippen LogP contribution in [0.4, 0.5) is 4.79 Å². The summed E-state index contributed by atoms with van der Waals surface area (Å²) >= 11 is 0. The van der Waals surface area contributed by atoms with Crippen LogP contribution in [0.25, 0.3) is 0 Å². The fraction of sp³-hybridized carbons (Fsp3) is 0.667. The van der Waals surface area contributed by atoms with Crippen molar-refractivity contribution in [3.8, 4) is 6.08 Å². The highest BCUT2D eigenvalue weighted by atomic mass is 16.6. The first-order valence-electron chi connectivity index (χ1n) is 5.89. The van der Waals surface area contributed by atoms with Gasteiger partial charge in [0.1, 0.15) is 6.26 Å². The molecule has 1 aromatic rings. The van der Waals surface area contributed by atoms with Crippen molar-refractivity contribution in [2.75, 3.05) is 13.1 Å². The normalized spacial score (nSPS) is 16.3. The molecular weight excluding hydrogens is 220 g/mol. The largest absolute Gasteiger partial charge is 0.418 e. The maximum Gasteiger partial charge on any atom is 0.418 e. The van der Waals surface area contributed by atoms with E-state index in [4.69, 9.17) is 9.15 Å². The molecule has 0 spiro atoms. The summed E-state index contributed by atoms with van der Waals surface area (Å²) in [6, 6.07) is 0. The van der Waals surface area contributed by atoms with Crippen LogP contribution >= 0.6 is 0 Å². The molecule has 5 heteroatoms. The molecule has 0 aliphatic carbocycles. The SMILES string of the molecule is CC(C)(C)c1coc(OC(=O)N2CCCC2)n1. The Bertz CT molecular complexity index is 400. The minimum atomic E-state index is -0.371. The van der Waals surface area contributed by atoms with Crippen molar-refractivity contribution in [1.82, 2.24) is 9.88 Å². The maximum atomic E-state index is 11.7. The Morgan fingerprint density at radius 3 is 2.59 bits per heavy atom. The van der Waals surface area contributed by atoms with Crippen molar-refractivity contribution in [1.29, 1.82) is 0 Å². The predicted molar refractivity (Wildman–Crippen MR) is 62.0 cm³/mol. The van der Waals surface area contributed by atoms with Crippen molar-refractivity contribution in [2.45, 2.75) is 39.0 Å². The van der Waals surface area contributed by atoms with Gasteiger partial charge < -0.3 is 14.1 Å². The number of nitrogens with zero attached hydrogens (tertiary/aromatic N) is 2. The van der Waals surface area contributed by atoms with E-state index in [1.54, 1.807) is 4.90 Å². The fourth-order valence-electron chi connectivity index (χ4n) is 1.69. The number of amides is 1. The highest BCUT2D eigenvalue weighted by Gasteiger charge is 2.24. The fourth-order valence-corrected chi connectivity index (χ4v) is 1.69. The molecule has 0 bridgehead atoms. The molecule has 0 atom stereocenters. The Morgan fingerprint density at radius 2 is 2.06 bits per heavy atom. The topological polar surface area (TPSA) is 55.6 Å². The lowest BCUT2D eigenvalue weighted by Gasteiger charge is -2.13. The van der Waals surface area contributed by atoms with Crippen molar-refractivity contribution >= 4 is 6.09 Å². The second kappa shape index (κ2) is 4.39. The van der Waals surface area contributed by atoms with E-state index < -0.39 is 0 Å². The Hall–Kier alpha value is -1.52. The summed E-state index contributed by atoms with van der Waals surface area (Å²) in [4.78, 5) is 17.5. The van der Waals surface area contributed by atoms with Crippen LogP contribution in [-0.4, -0.2) is 29.1 Å². The van der Waals surface area contributed by atoms with Gasteiger partial charge in [-0.1, -0.05) is 20.8 Å². The molecule has 0 N–H and O–H groups in total. The lowest BCUT2D eigenvalue weighted by atomic mass is 9.93. The summed E-state index contributed by atoms with van der Waals surface area (Å²) in [5.74, 6) is 0. The van der Waals surface area contributed by atoms with Crippen LogP contribution in [0.1, 0.15) is 39.3 Å². The minimum absolute atomic E-state index is 0.0341. The second-order valence-electron chi connectivity index (χ2n) is 5.31. The lowest BCUT2D eigenvalue weighted by molar-refractivity contribution is 0.148. The highest BCUT2D eigenvalue weighted by Crippen LogP contribution is 2.24. The third kappa shape index (κ3) is 2.78. The molecule has 17 heavy (non-hydrogen) atoms. The van der Waals surface area contributed by atoms with E-state index >= 15 is 0 Å². The van der Waals surface area contributed by atoms with E-state index in [-0.39, 0.29) is 17.6 Å². The minimum Gasteiger partial charge on any atom is -0.417 e. The molecule has 0 saturated carbocycles. The van der Waals surface area contributed by atoms with E-state index in [9.17, 15) is 4.79 Å². The average molecular weight is 238 g/mol. The maximum absolute atomic E-state index is 11.7. The van der Waals surface area contributed by atoms with Crippen LogP contribution in [0.15, 0.2) is 10.7 Å². The van der Waals surface area contributed by atoms with Crippen molar-refractivity contribution in [2.24, 2.45) is 0 Å². The van der Waals surface area contributed by atoms with E-state index in [1.807, 2.05) is 20.8 Å². The molecular formula is C12H18N2O3. The molecule has 0 aromatic carbocycles. The smallest absolute Gasteiger partial charge is 0.417 e. The van der Waals surface area contributed by atoms with Gasteiger partial charge in [0.15, 0.2) is 0 Å². The van der Waals surface area contributed by atoms with Gasteiger partial charge in [0.25, 0.3) is 0 Å². The zero-order valence-electron chi connectivity index (χ0n) is 10.5. The molecule has 94 valence electrons. The molecule has 1 aliphatic rings. The molecule has 5 nitrogen and oxygen atoms in total. The van der Waals surface area contributed by atoms with Crippen LogP contribution in [-0.2, 0) is 5.41 Å². The van der Waals surface area contributed by atoms with Gasteiger partial charge in [-0.25, -0.2) is 4.79 Å². The standard InChI is InChI=1S/C12H18N2O3/c1-12(2,3)9-8-16-10(13-9)17-11(15)14-6-4-5-7-14/h8H,4-7H2,1-3H3. The summed E-state index contributed by atoms with van der Waals surface area (Å²) in [5.41, 5.74) is 0.670. The van der Waals surface area contributed by atoms with Crippen molar-refractivity contribution in [3.63, 3.8) is 0 Å².